The number of carboxylic acid groups (broad SMARTS) is 1. The summed E-state index contributed by atoms with van der Waals surface area (Å²) in [6.07, 6.45) is 2.56. The maximum absolute atomic E-state index is 12.6. The van der Waals surface area contributed by atoms with E-state index in [-0.39, 0.29) is 54.8 Å². The number of amides is 2. The van der Waals surface area contributed by atoms with Gasteiger partial charge in [0.05, 0.1) is 19.1 Å². The summed E-state index contributed by atoms with van der Waals surface area (Å²) >= 11 is 0. The molecular formula is C20H23N2NaO6. The number of hydrogen-bond acceptors (Lipinski definition) is 6. The van der Waals surface area contributed by atoms with Crippen LogP contribution in [-0.4, -0.2) is 47.5 Å². The number of rotatable bonds is 8. The van der Waals surface area contributed by atoms with Crippen LogP contribution in [0.15, 0.2) is 29.5 Å². The van der Waals surface area contributed by atoms with E-state index in [0.717, 1.165) is 23.5 Å². The number of aryl methyl sites for hydroxylation is 1. The van der Waals surface area contributed by atoms with Crippen LogP contribution in [-0.2, 0) is 20.9 Å². The second-order valence-corrected chi connectivity index (χ2v) is 7.21. The molecule has 0 spiro atoms. The van der Waals surface area contributed by atoms with Gasteiger partial charge in [-0.1, -0.05) is 12.1 Å². The van der Waals surface area contributed by atoms with Crippen molar-refractivity contribution in [2.75, 3.05) is 19.7 Å². The summed E-state index contributed by atoms with van der Waals surface area (Å²) < 4.78 is 5.81. The molecule has 1 aliphatic heterocycles. The van der Waals surface area contributed by atoms with Crippen molar-refractivity contribution in [1.29, 1.82) is 0 Å². The van der Waals surface area contributed by atoms with Crippen LogP contribution in [0.1, 0.15) is 30.4 Å². The summed E-state index contributed by atoms with van der Waals surface area (Å²) in [5, 5.41) is 22.5. The summed E-state index contributed by atoms with van der Waals surface area (Å²) in [7, 11) is 0. The van der Waals surface area contributed by atoms with Crippen LogP contribution in [0.3, 0.4) is 0 Å². The van der Waals surface area contributed by atoms with Gasteiger partial charge >= 0.3 is 29.6 Å². The smallest absolute Gasteiger partial charge is 0.548 e. The fourth-order valence-corrected chi connectivity index (χ4v) is 3.05. The number of aliphatic hydroxyl groups excluding tert-OH is 1. The van der Waals surface area contributed by atoms with Crippen molar-refractivity contribution in [3.8, 4) is 5.75 Å². The molecule has 0 aromatic heterocycles. The number of aliphatic carboxylic acids is 1. The zero-order valence-corrected chi connectivity index (χ0v) is 18.7. The fraction of sp³-hybridized carbons (Fsp3) is 0.450. The van der Waals surface area contributed by atoms with Crippen molar-refractivity contribution < 1.29 is 58.9 Å². The first-order chi connectivity index (χ1) is 13.3. The molecule has 2 aliphatic rings. The Morgan fingerprint density at radius 1 is 1.34 bits per heavy atom. The molecule has 2 N–H and O–H groups in total. The van der Waals surface area contributed by atoms with Gasteiger partial charge in [-0.05, 0) is 42.9 Å². The quantitative estimate of drug-likeness (QED) is 0.353. The van der Waals surface area contributed by atoms with Gasteiger partial charge in [0.2, 0.25) is 0 Å². The second kappa shape index (κ2) is 10.1. The maximum atomic E-state index is 12.6. The zero-order valence-electron chi connectivity index (χ0n) is 16.7. The summed E-state index contributed by atoms with van der Waals surface area (Å²) in [5.74, 6) is -1.89. The van der Waals surface area contributed by atoms with Gasteiger partial charge < -0.3 is 30.0 Å². The largest absolute Gasteiger partial charge is 1.00 e. The van der Waals surface area contributed by atoms with E-state index in [9.17, 15) is 24.6 Å². The molecule has 0 radical (unpaired) electrons. The van der Waals surface area contributed by atoms with Gasteiger partial charge in [0.1, 0.15) is 17.1 Å². The van der Waals surface area contributed by atoms with E-state index in [4.69, 9.17) is 4.74 Å². The van der Waals surface area contributed by atoms with Crippen LogP contribution in [0.2, 0.25) is 0 Å². The van der Waals surface area contributed by atoms with E-state index in [1.807, 2.05) is 25.1 Å². The Kier molecular flexibility index (Phi) is 8.13. The monoisotopic (exact) mass is 410 g/mol. The maximum Gasteiger partial charge on any atom is 1.00 e. The Morgan fingerprint density at radius 3 is 2.69 bits per heavy atom. The molecule has 1 saturated carbocycles. The van der Waals surface area contributed by atoms with Gasteiger partial charge in [0.15, 0.2) is 0 Å². The molecule has 0 unspecified atom stereocenters. The van der Waals surface area contributed by atoms with Crippen molar-refractivity contribution in [3.05, 3.63) is 40.7 Å². The Hall–Kier alpha value is -2.03. The molecule has 1 heterocycles. The molecule has 29 heavy (non-hydrogen) atoms. The minimum Gasteiger partial charge on any atom is -0.548 e. The molecule has 0 atom stereocenters. The second-order valence-electron chi connectivity index (χ2n) is 7.21. The summed E-state index contributed by atoms with van der Waals surface area (Å²) in [5.41, 5.74) is 1.42. The number of carboxylic acids is 1. The van der Waals surface area contributed by atoms with Crippen LogP contribution in [0.4, 0.5) is 0 Å². The molecule has 1 fully saturated rings. The van der Waals surface area contributed by atoms with Crippen LogP contribution >= 0.6 is 0 Å². The molecule has 8 nitrogen and oxygen atoms in total. The molecule has 2 amide bonds. The Balaban J connectivity index is 0.00000300. The van der Waals surface area contributed by atoms with Crippen molar-refractivity contribution in [3.63, 3.8) is 0 Å². The van der Waals surface area contributed by atoms with Gasteiger partial charge in [0, 0.05) is 19.5 Å². The van der Waals surface area contributed by atoms with Gasteiger partial charge in [-0.25, -0.2) is 0 Å². The van der Waals surface area contributed by atoms with E-state index in [0.29, 0.717) is 5.92 Å². The third-order valence-corrected chi connectivity index (χ3v) is 4.81. The minimum absolute atomic E-state index is 0. The topological polar surface area (TPSA) is 119 Å². The molecule has 150 valence electrons. The number of carbonyl (C=O) groups is 3. The minimum atomic E-state index is -1.48. The van der Waals surface area contributed by atoms with Crippen LogP contribution < -0.4 is 44.7 Å². The average Bonchev–Trinajstić information content (AvgIpc) is 3.46. The number of hydrogen-bond donors (Lipinski definition) is 2. The summed E-state index contributed by atoms with van der Waals surface area (Å²) in [6.45, 7) is 2.46. The van der Waals surface area contributed by atoms with Gasteiger partial charge in [0.25, 0.3) is 11.8 Å². The molecule has 1 aliphatic carbocycles. The Bertz CT molecular complexity index is 834. The van der Waals surface area contributed by atoms with Crippen LogP contribution in [0, 0.1) is 12.8 Å². The SMILES string of the molecule is Cc1cc(CN2CCC(O)=C(C(=O)NCC(=O)[O-])C2=O)ccc1OCC1CC1.[Na+]. The van der Waals surface area contributed by atoms with Crippen molar-refractivity contribution in [2.45, 2.75) is 32.7 Å². The first-order valence-corrected chi connectivity index (χ1v) is 9.27. The Morgan fingerprint density at radius 2 is 2.07 bits per heavy atom. The van der Waals surface area contributed by atoms with Crippen molar-refractivity contribution in [1.82, 2.24) is 10.2 Å². The van der Waals surface area contributed by atoms with Crippen LogP contribution in [0.25, 0.3) is 0 Å². The first kappa shape index (κ1) is 23.3. The average molecular weight is 410 g/mol. The predicted octanol–water partition coefficient (Wildman–Crippen LogP) is -2.80. The molecule has 3 rings (SSSR count). The van der Waals surface area contributed by atoms with E-state index < -0.39 is 29.9 Å². The number of nitrogens with zero attached hydrogens (tertiary/aromatic N) is 1. The number of aliphatic hydroxyl groups is 1. The standard InChI is InChI=1S/C20H24N2O6.Na/c1-12-8-14(4-5-16(12)28-11-13-2-3-13)10-22-7-6-15(23)18(20(22)27)19(26)21-9-17(24)25;/h4-5,8,13,23H,2-3,6-7,9-11H2,1H3,(H,21,26)(H,24,25);/q;+1/p-1. The number of carbonyl (C=O) groups excluding carboxylic acids is 3. The van der Waals surface area contributed by atoms with Crippen molar-refractivity contribution in [2.24, 2.45) is 5.92 Å². The molecular weight excluding hydrogens is 387 g/mol. The van der Waals surface area contributed by atoms with E-state index >= 15 is 0 Å². The van der Waals surface area contributed by atoms with Crippen LogP contribution in [0.5, 0.6) is 5.75 Å². The number of benzene rings is 1. The first-order valence-electron chi connectivity index (χ1n) is 9.27. The molecule has 9 heteroatoms. The number of ether oxygens (including phenoxy) is 1. The summed E-state index contributed by atoms with van der Waals surface area (Å²) in [4.78, 5) is 36.6. The Labute approximate surface area is 191 Å². The fourth-order valence-electron chi connectivity index (χ4n) is 3.05. The number of nitrogens with one attached hydrogen (secondary N) is 1. The molecule has 1 aromatic carbocycles. The van der Waals surface area contributed by atoms with E-state index in [1.165, 1.54) is 17.7 Å². The van der Waals surface area contributed by atoms with E-state index in [1.54, 1.807) is 0 Å². The predicted molar refractivity (Wildman–Crippen MR) is 97.1 cm³/mol. The summed E-state index contributed by atoms with van der Waals surface area (Å²) in [6, 6.07) is 5.68. The third kappa shape index (κ3) is 6.22. The van der Waals surface area contributed by atoms with Crippen molar-refractivity contribution >= 4 is 17.8 Å². The molecule has 0 saturated heterocycles. The third-order valence-electron chi connectivity index (χ3n) is 4.81. The van der Waals surface area contributed by atoms with Gasteiger partial charge in [-0.3, -0.25) is 9.59 Å². The molecule has 1 aromatic rings. The van der Waals surface area contributed by atoms with Gasteiger partial charge in [-0.15, -0.1) is 0 Å². The van der Waals surface area contributed by atoms with E-state index in [2.05, 4.69) is 5.32 Å². The van der Waals surface area contributed by atoms with Gasteiger partial charge in [-0.2, -0.15) is 0 Å². The normalized spacial score (nSPS) is 16.3. The molecule has 0 bridgehead atoms. The zero-order chi connectivity index (χ0) is 20.3.